The first-order chi connectivity index (χ1) is 12.4. The van der Waals surface area contributed by atoms with E-state index in [1.54, 1.807) is 11.8 Å². The predicted octanol–water partition coefficient (Wildman–Crippen LogP) is 5.70. The van der Waals surface area contributed by atoms with Crippen LogP contribution in [-0.2, 0) is 6.18 Å². The topological polar surface area (TPSA) is 53.3 Å². The van der Waals surface area contributed by atoms with Crippen molar-refractivity contribution in [1.82, 2.24) is 4.98 Å². The quantitative estimate of drug-likeness (QED) is 0.555. The first-order valence-electron chi connectivity index (χ1n) is 7.81. The number of para-hydroxylation sites is 1. The largest absolute Gasteiger partial charge is 0.456 e. The van der Waals surface area contributed by atoms with Gasteiger partial charge in [-0.3, -0.25) is 4.99 Å². The minimum atomic E-state index is -4.53. The maximum atomic E-state index is 13.1. The minimum Gasteiger partial charge on any atom is -0.456 e. The monoisotopic (exact) mass is 397 g/mol. The van der Waals surface area contributed by atoms with Crippen LogP contribution in [-0.4, -0.2) is 22.3 Å². The Kier molecular flexibility index (Phi) is 4.44. The summed E-state index contributed by atoms with van der Waals surface area (Å²) in [5, 5.41) is 1.94. The van der Waals surface area contributed by atoms with Crippen LogP contribution in [0.1, 0.15) is 17.2 Å². The van der Waals surface area contributed by atoms with E-state index in [4.69, 9.17) is 4.42 Å². The number of anilines is 1. The molecule has 9 heteroatoms. The zero-order valence-electron chi connectivity index (χ0n) is 13.6. The zero-order valence-corrected chi connectivity index (χ0v) is 15.2. The molecule has 0 amide bonds. The first-order valence-corrected chi connectivity index (χ1v) is 9.62. The second kappa shape index (κ2) is 6.62. The molecule has 0 radical (unpaired) electrons. The molecule has 26 heavy (non-hydrogen) atoms. The lowest BCUT2D eigenvalue weighted by Crippen LogP contribution is -2.05. The number of rotatable bonds is 4. The Morgan fingerprint density at radius 2 is 2.15 bits per heavy atom. The van der Waals surface area contributed by atoms with Crippen LogP contribution >= 0.6 is 23.7 Å². The molecule has 3 heterocycles. The molecular formula is C17H14F3N3OS2. The molecule has 0 fully saturated rings. The number of aryl methyl sites for hydroxylation is 1. The summed E-state index contributed by atoms with van der Waals surface area (Å²) < 4.78 is 47.0. The normalized spacial score (nSPS) is 14.8. The number of benzene rings is 1. The number of H-pyrrole nitrogens is 1. The second-order valence-corrected chi connectivity index (χ2v) is 7.67. The van der Waals surface area contributed by atoms with Gasteiger partial charge in [-0.2, -0.15) is 13.2 Å². The summed E-state index contributed by atoms with van der Waals surface area (Å²) in [7, 11) is 0. The number of fused-ring (bicyclic) bond motifs is 1. The number of nitrogens with one attached hydrogen (secondary N) is 2. The smallest absolute Gasteiger partial charge is 0.450 e. The number of thioether (sulfide) groups is 1. The van der Waals surface area contributed by atoms with Crippen molar-refractivity contribution in [2.24, 2.45) is 4.99 Å². The van der Waals surface area contributed by atoms with Gasteiger partial charge in [-0.15, -0.1) is 11.8 Å². The number of alkyl halides is 3. The van der Waals surface area contributed by atoms with Crippen molar-refractivity contribution in [2.45, 2.75) is 18.0 Å². The zero-order chi connectivity index (χ0) is 18.3. The summed E-state index contributed by atoms with van der Waals surface area (Å²) in [4.78, 5) is 7.78. The Hall–Kier alpha value is -2.00. The number of nitrogens with zero attached hydrogens (tertiary/aromatic N) is 1. The van der Waals surface area contributed by atoms with Gasteiger partial charge in [0.1, 0.15) is 10.8 Å². The fraction of sp³-hybridized carbons (Fsp3) is 0.235. The molecule has 0 atom stereocenters. The van der Waals surface area contributed by atoms with Crippen molar-refractivity contribution in [1.29, 1.82) is 0 Å². The van der Waals surface area contributed by atoms with Crippen LogP contribution in [0.5, 0.6) is 0 Å². The maximum Gasteiger partial charge on any atom is 0.450 e. The van der Waals surface area contributed by atoms with Gasteiger partial charge in [0.15, 0.2) is 0 Å². The lowest BCUT2D eigenvalue weighted by molar-refractivity contribution is -0.155. The molecule has 136 valence electrons. The number of hydrogen-bond donors (Lipinski definition) is 2. The Balaban J connectivity index is 1.62. The second-order valence-electron chi connectivity index (χ2n) is 5.74. The molecule has 0 aliphatic carbocycles. The summed E-state index contributed by atoms with van der Waals surface area (Å²) in [6.07, 6.45) is -4.53. The number of furan rings is 1. The average Bonchev–Trinajstić information content (AvgIpc) is 3.30. The molecule has 4 rings (SSSR count). The van der Waals surface area contributed by atoms with Gasteiger partial charge in [-0.05, 0) is 37.1 Å². The van der Waals surface area contributed by atoms with Crippen molar-refractivity contribution in [3.8, 4) is 0 Å². The minimum absolute atomic E-state index is 0.00880. The Morgan fingerprint density at radius 1 is 1.31 bits per heavy atom. The van der Waals surface area contributed by atoms with Gasteiger partial charge in [0.25, 0.3) is 0 Å². The maximum absolute atomic E-state index is 13.1. The number of aromatic nitrogens is 1. The van der Waals surface area contributed by atoms with E-state index >= 15 is 0 Å². The summed E-state index contributed by atoms with van der Waals surface area (Å²) in [5.74, 6) is 0.202. The molecular weight excluding hydrogens is 383 g/mol. The van der Waals surface area contributed by atoms with Gasteiger partial charge < -0.3 is 14.1 Å². The highest BCUT2D eigenvalue weighted by atomic mass is 32.2. The van der Waals surface area contributed by atoms with Crippen LogP contribution in [0.2, 0.25) is 0 Å². The van der Waals surface area contributed by atoms with Crippen molar-refractivity contribution in [2.75, 3.05) is 17.0 Å². The summed E-state index contributed by atoms with van der Waals surface area (Å²) >= 11 is 2.57. The van der Waals surface area contributed by atoms with Crippen LogP contribution in [0.25, 0.3) is 10.9 Å². The molecule has 2 aromatic heterocycles. The van der Waals surface area contributed by atoms with Crippen LogP contribution in [0.15, 0.2) is 44.6 Å². The van der Waals surface area contributed by atoms with E-state index in [1.807, 2.05) is 24.3 Å². The lowest BCUT2D eigenvalue weighted by Gasteiger charge is -2.08. The van der Waals surface area contributed by atoms with Gasteiger partial charge >= 0.3 is 6.18 Å². The third-order valence-corrected chi connectivity index (χ3v) is 5.68. The summed E-state index contributed by atoms with van der Waals surface area (Å²) in [5.41, 5.74) is 2.46. The molecule has 3 aromatic rings. The molecule has 1 aliphatic heterocycles. The molecule has 4 nitrogen and oxygen atoms in total. The molecule has 0 saturated heterocycles. The van der Waals surface area contributed by atoms with E-state index in [0.717, 1.165) is 45.9 Å². The number of hydrogen-bond acceptors (Lipinski definition) is 5. The van der Waals surface area contributed by atoms with E-state index < -0.39 is 11.9 Å². The fourth-order valence-corrected chi connectivity index (χ4v) is 4.42. The van der Waals surface area contributed by atoms with Crippen molar-refractivity contribution in [3.05, 3.63) is 47.5 Å². The third kappa shape index (κ3) is 3.33. The third-order valence-electron chi connectivity index (χ3n) is 3.82. The van der Waals surface area contributed by atoms with Gasteiger partial charge in [0.2, 0.25) is 5.76 Å². The lowest BCUT2D eigenvalue weighted by atomic mass is 10.2. The highest BCUT2D eigenvalue weighted by molar-refractivity contribution is 8.14. The van der Waals surface area contributed by atoms with E-state index in [1.165, 1.54) is 13.0 Å². The Morgan fingerprint density at radius 3 is 2.88 bits per heavy atom. The SMILES string of the molecule is Cc1cc(SNc2cccc3cc(C4=NCCS4)[nH]c23)c(C(F)(F)F)o1. The van der Waals surface area contributed by atoms with E-state index in [9.17, 15) is 13.2 Å². The number of halogens is 3. The summed E-state index contributed by atoms with van der Waals surface area (Å²) in [6, 6.07) is 9.02. The van der Waals surface area contributed by atoms with Crippen LogP contribution in [0.4, 0.5) is 18.9 Å². The van der Waals surface area contributed by atoms with Crippen molar-refractivity contribution in [3.63, 3.8) is 0 Å². The molecule has 0 bridgehead atoms. The highest BCUT2D eigenvalue weighted by Gasteiger charge is 2.38. The van der Waals surface area contributed by atoms with Gasteiger partial charge in [0.05, 0.1) is 21.8 Å². The number of aromatic amines is 1. The fourth-order valence-electron chi connectivity index (χ4n) is 2.73. The Bertz CT molecular complexity index is 991. The molecule has 0 unspecified atom stereocenters. The number of aliphatic imine (C=N–C) groups is 1. The van der Waals surface area contributed by atoms with Gasteiger partial charge in [-0.1, -0.05) is 12.1 Å². The highest BCUT2D eigenvalue weighted by Crippen LogP contribution is 2.39. The van der Waals surface area contributed by atoms with Crippen LogP contribution < -0.4 is 4.72 Å². The van der Waals surface area contributed by atoms with E-state index in [0.29, 0.717) is 5.69 Å². The summed E-state index contributed by atoms with van der Waals surface area (Å²) in [6.45, 7) is 2.30. The van der Waals surface area contributed by atoms with E-state index in [-0.39, 0.29) is 10.7 Å². The first kappa shape index (κ1) is 17.4. The Labute approximate surface area is 155 Å². The average molecular weight is 397 g/mol. The molecule has 1 aromatic carbocycles. The van der Waals surface area contributed by atoms with Crippen molar-refractivity contribution < 1.29 is 17.6 Å². The molecule has 0 spiro atoms. The van der Waals surface area contributed by atoms with Gasteiger partial charge in [0, 0.05) is 17.7 Å². The molecule has 2 N–H and O–H groups in total. The predicted molar refractivity (Wildman–Crippen MR) is 100 cm³/mol. The van der Waals surface area contributed by atoms with Gasteiger partial charge in [-0.25, -0.2) is 0 Å². The molecule has 1 aliphatic rings. The molecule has 0 saturated carbocycles. The van der Waals surface area contributed by atoms with Crippen LogP contribution in [0.3, 0.4) is 0 Å². The van der Waals surface area contributed by atoms with E-state index in [2.05, 4.69) is 14.7 Å². The van der Waals surface area contributed by atoms with Crippen molar-refractivity contribution >= 4 is 45.3 Å². The standard InChI is InChI=1S/C17H14F3N3OS2/c1-9-7-13(15(24-9)17(18,19)20)26-23-11-4-2-3-10-8-12(22-14(10)11)16-21-5-6-25-16/h2-4,7-8,22-23H,5-6H2,1H3. The van der Waals surface area contributed by atoms with Crippen LogP contribution in [0, 0.1) is 6.92 Å².